The molecule has 118 valence electrons. The van der Waals surface area contributed by atoms with Gasteiger partial charge in [-0.1, -0.05) is 24.3 Å². The standard InChI is InChI=1S/C15H22ClNO3S/c1-20-11-13-5-7-17(8-6-13)21(18,19)12-15-4-2-3-14(9-15)10-16/h2-4,9,13H,5-8,10-12H2,1H3. The maximum atomic E-state index is 12.5. The molecule has 0 N–H and O–H groups in total. The first-order chi connectivity index (χ1) is 10.0. The molecule has 1 fully saturated rings. The predicted molar refractivity (Wildman–Crippen MR) is 84.8 cm³/mol. The Labute approximate surface area is 132 Å². The van der Waals surface area contributed by atoms with Crippen LogP contribution in [0.15, 0.2) is 24.3 Å². The van der Waals surface area contributed by atoms with Gasteiger partial charge in [0.1, 0.15) is 0 Å². The molecular formula is C15H22ClNO3S. The molecule has 1 aliphatic rings. The summed E-state index contributed by atoms with van der Waals surface area (Å²) < 4.78 is 31.7. The van der Waals surface area contributed by atoms with E-state index in [1.54, 1.807) is 11.4 Å². The van der Waals surface area contributed by atoms with Gasteiger partial charge in [-0.05, 0) is 29.9 Å². The summed E-state index contributed by atoms with van der Waals surface area (Å²) >= 11 is 5.79. The van der Waals surface area contributed by atoms with Gasteiger partial charge in [0.25, 0.3) is 0 Å². The summed E-state index contributed by atoms with van der Waals surface area (Å²) in [6.45, 7) is 1.89. The lowest BCUT2D eigenvalue weighted by atomic mass is 9.99. The lowest BCUT2D eigenvalue weighted by Gasteiger charge is -2.30. The number of halogens is 1. The third kappa shape index (κ3) is 4.68. The third-order valence-electron chi connectivity index (χ3n) is 3.86. The molecule has 2 rings (SSSR count). The molecule has 1 aliphatic heterocycles. The summed E-state index contributed by atoms with van der Waals surface area (Å²) in [5, 5.41) is 0. The first-order valence-electron chi connectivity index (χ1n) is 7.15. The minimum absolute atomic E-state index is 0.0483. The van der Waals surface area contributed by atoms with Gasteiger partial charge in [-0.15, -0.1) is 11.6 Å². The van der Waals surface area contributed by atoms with Crippen molar-refractivity contribution in [3.63, 3.8) is 0 Å². The molecule has 0 aromatic heterocycles. The monoisotopic (exact) mass is 331 g/mol. The van der Waals surface area contributed by atoms with E-state index >= 15 is 0 Å². The lowest BCUT2D eigenvalue weighted by Crippen LogP contribution is -2.39. The fraction of sp³-hybridized carbons (Fsp3) is 0.600. The van der Waals surface area contributed by atoms with E-state index in [-0.39, 0.29) is 5.75 Å². The molecule has 0 unspecified atom stereocenters. The van der Waals surface area contributed by atoms with Gasteiger partial charge in [-0.3, -0.25) is 0 Å². The SMILES string of the molecule is COCC1CCN(S(=O)(=O)Cc2cccc(CCl)c2)CC1. The van der Waals surface area contributed by atoms with Crippen LogP contribution in [0.3, 0.4) is 0 Å². The molecule has 0 aliphatic carbocycles. The zero-order valence-electron chi connectivity index (χ0n) is 12.3. The molecule has 0 radical (unpaired) electrons. The van der Waals surface area contributed by atoms with E-state index in [1.165, 1.54) is 0 Å². The molecule has 0 saturated carbocycles. The second kappa shape index (κ2) is 7.58. The Hall–Kier alpha value is -0.620. The molecule has 1 aromatic carbocycles. The number of methoxy groups -OCH3 is 1. The van der Waals surface area contributed by atoms with Crippen molar-refractivity contribution in [1.29, 1.82) is 0 Å². The number of ether oxygens (including phenoxy) is 1. The van der Waals surface area contributed by atoms with E-state index in [1.807, 2.05) is 24.3 Å². The van der Waals surface area contributed by atoms with Crippen LogP contribution >= 0.6 is 11.6 Å². The van der Waals surface area contributed by atoms with Crippen LogP contribution in [0.1, 0.15) is 24.0 Å². The Balaban J connectivity index is 1.99. The quantitative estimate of drug-likeness (QED) is 0.753. The van der Waals surface area contributed by atoms with E-state index in [0.717, 1.165) is 24.0 Å². The van der Waals surface area contributed by atoms with Crippen LogP contribution in [-0.2, 0) is 26.4 Å². The summed E-state index contributed by atoms with van der Waals surface area (Å²) in [6.07, 6.45) is 1.74. The highest BCUT2D eigenvalue weighted by atomic mass is 35.5. The number of nitrogens with zero attached hydrogens (tertiary/aromatic N) is 1. The molecule has 0 amide bonds. The number of piperidine rings is 1. The fourth-order valence-corrected chi connectivity index (χ4v) is 4.41. The van der Waals surface area contributed by atoms with Crippen molar-refractivity contribution in [2.75, 3.05) is 26.8 Å². The second-order valence-corrected chi connectivity index (χ2v) is 7.74. The second-order valence-electron chi connectivity index (χ2n) is 5.51. The first-order valence-corrected chi connectivity index (χ1v) is 9.30. The topological polar surface area (TPSA) is 46.6 Å². The van der Waals surface area contributed by atoms with Crippen LogP contribution < -0.4 is 0 Å². The van der Waals surface area contributed by atoms with Crippen LogP contribution in [0.2, 0.25) is 0 Å². The summed E-state index contributed by atoms with van der Waals surface area (Å²) in [5.41, 5.74) is 1.75. The maximum absolute atomic E-state index is 12.5. The predicted octanol–water partition coefficient (Wildman–Crippen LogP) is 2.61. The van der Waals surface area contributed by atoms with Gasteiger partial charge >= 0.3 is 0 Å². The average molecular weight is 332 g/mol. The minimum Gasteiger partial charge on any atom is -0.384 e. The van der Waals surface area contributed by atoms with Crippen molar-refractivity contribution >= 4 is 21.6 Å². The number of benzene rings is 1. The molecule has 0 bridgehead atoms. The van der Waals surface area contributed by atoms with Crippen LogP contribution in [0.5, 0.6) is 0 Å². The number of hydrogen-bond acceptors (Lipinski definition) is 3. The third-order valence-corrected chi connectivity index (χ3v) is 6.02. The summed E-state index contributed by atoms with van der Waals surface area (Å²) in [4.78, 5) is 0. The normalized spacial score (nSPS) is 18.0. The Morgan fingerprint density at radius 2 is 1.95 bits per heavy atom. The number of hydrogen-bond donors (Lipinski definition) is 0. The van der Waals surface area contributed by atoms with Gasteiger partial charge in [-0.2, -0.15) is 0 Å². The molecular weight excluding hydrogens is 310 g/mol. The van der Waals surface area contributed by atoms with E-state index in [2.05, 4.69) is 0 Å². The lowest BCUT2D eigenvalue weighted by molar-refractivity contribution is 0.121. The highest BCUT2D eigenvalue weighted by Gasteiger charge is 2.28. The Morgan fingerprint density at radius 1 is 1.29 bits per heavy atom. The van der Waals surface area contributed by atoms with E-state index in [9.17, 15) is 8.42 Å². The van der Waals surface area contributed by atoms with Gasteiger partial charge < -0.3 is 4.74 Å². The smallest absolute Gasteiger partial charge is 0.218 e. The maximum Gasteiger partial charge on any atom is 0.218 e. The Kier molecular flexibility index (Phi) is 6.05. The average Bonchev–Trinajstić information content (AvgIpc) is 2.48. The van der Waals surface area contributed by atoms with Crippen molar-refractivity contribution in [1.82, 2.24) is 4.31 Å². The zero-order chi connectivity index (χ0) is 15.3. The van der Waals surface area contributed by atoms with Gasteiger partial charge in [0.05, 0.1) is 5.75 Å². The highest BCUT2D eigenvalue weighted by Crippen LogP contribution is 2.22. The van der Waals surface area contributed by atoms with E-state index < -0.39 is 10.0 Å². The van der Waals surface area contributed by atoms with Crippen molar-refractivity contribution in [3.8, 4) is 0 Å². The van der Waals surface area contributed by atoms with Crippen LogP contribution in [-0.4, -0.2) is 39.5 Å². The largest absolute Gasteiger partial charge is 0.384 e. The molecule has 1 aromatic rings. The van der Waals surface area contributed by atoms with Crippen molar-refractivity contribution in [3.05, 3.63) is 35.4 Å². The molecule has 6 heteroatoms. The molecule has 4 nitrogen and oxygen atoms in total. The Bertz CT molecular complexity index is 554. The summed E-state index contributed by atoms with van der Waals surface area (Å²) in [5.74, 6) is 0.921. The molecule has 21 heavy (non-hydrogen) atoms. The van der Waals surface area contributed by atoms with Gasteiger partial charge in [0.2, 0.25) is 10.0 Å². The zero-order valence-corrected chi connectivity index (χ0v) is 13.9. The molecule has 0 atom stereocenters. The number of alkyl halides is 1. The van der Waals surface area contributed by atoms with E-state index in [4.69, 9.17) is 16.3 Å². The van der Waals surface area contributed by atoms with Gasteiger partial charge in [-0.25, -0.2) is 12.7 Å². The van der Waals surface area contributed by atoms with Crippen LogP contribution in [0.25, 0.3) is 0 Å². The highest BCUT2D eigenvalue weighted by molar-refractivity contribution is 7.88. The minimum atomic E-state index is -3.25. The molecule has 1 saturated heterocycles. The molecule has 1 heterocycles. The van der Waals surface area contributed by atoms with Crippen molar-refractivity contribution in [2.45, 2.75) is 24.5 Å². The summed E-state index contributed by atoms with van der Waals surface area (Å²) in [6, 6.07) is 7.46. The Morgan fingerprint density at radius 3 is 2.57 bits per heavy atom. The van der Waals surface area contributed by atoms with Crippen molar-refractivity contribution < 1.29 is 13.2 Å². The number of rotatable bonds is 6. The van der Waals surface area contributed by atoms with Crippen LogP contribution in [0.4, 0.5) is 0 Å². The first kappa shape index (κ1) is 16.7. The van der Waals surface area contributed by atoms with E-state index in [0.29, 0.717) is 31.5 Å². The summed E-state index contributed by atoms with van der Waals surface area (Å²) in [7, 11) is -1.56. The van der Waals surface area contributed by atoms with Gasteiger partial charge in [0, 0.05) is 32.7 Å². The fourth-order valence-electron chi connectivity index (χ4n) is 2.69. The number of sulfonamides is 1. The van der Waals surface area contributed by atoms with Gasteiger partial charge in [0.15, 0.2) is 0 Å². The molecule has 0 spiro atoms. The van der Waals surface area contributed by atoms with Crippen LogP contribution in [0, 0.1) is 5.92 Å². The van der Waals surface area contributed by atoms with Crippen molar-refractivity contribution in [2.24, 2.45) is 5.92 Å².